The van der Waals surface area contributed by atoms with Gasteiger partial charge in [0.2, 0.25) is 0 Å². The number of halogens is 3. The lowest BCUT2D eigenvalue weighted by molar-refractivity contribution is -0.296. The fourth-order valence-corrected chi connectivity index (χ4v) is 1.72. The maximum absolute atomic E-state index is 5.85. The largest absolute Gasteiger partial charge is 0.323 e. The van der Waals surface area contributed by atoms with E-state index in [1.54, 1.807) is 12.3 Å². The number of hydrogen-bond donors (Lipinski definition) is 0. The van der Waals surface area contributed by atoms with Gasteiger partial charge in [-0.15, -0.1) is 0 Å². The highest BCUT2D eigenvalue weighted by Gasteiger charge is 2.10. The summed E-state index contributed by atoms with van der Waals surface area (Å²) in [5.41, 5.74) is 0.646. The Morgan fingerprint density at radius 1 is 1.58 bits per heavy atom. The fourth-order valence-electron chi connectivity index (χ4n) is 0.879. The summed E-state index contributed by atoms with van der Waals surface area (Å²) < 4.78 is 2.30. The topological polar surface area (TPSA) is 30.2 Å². The lowest BCUT2D eigenvalue weighted by Crippen LogP contribution is -1.92. The molecule has 0 saturated heterocycles. The molecule has 2 aromatic heterocycles. The molecule has 62 valence electrons. The standard InChI is InChI=1S/C6H3BrCl2N3/c7-3-2-10-12-5(9)1-4(8)11-6(3)12/h1-2,8H/q+1. The van der Waals surface area contributed by atoms with Gasteiger partial charge in [-0.05, 0) is 15.9 Å². The highest BCUT2D eigenvalue weighted by molar-refractivity contribution is 9.10. The molecule has 2 aromatic rings. The Labute approximate surface area is 86.4 Å². The lowest BCUT2D eigenvalue weighted by atomic mass is 10.6. The first-order chi connectivity index (χ1) is 5.68. The van der Waals surface area contributed by atoms with Crippen LogP contribution in [0.5, 0.6) is 0 Å². The summed E-state index contributed by atoms with van der Waals surface area (Å²) >= 11 is 14.0. The van der Waals surface area contributed by atoms with E-state index in [9.17, 15) is 0 Å². The van der Waals surface area contributed by atoms with Crippen molar-refractivity contribution in [3.05, 3.63) is 27.0 Å². The number of aromatic nitrogens is 3. The van der Waals surface area contributed by atoms with Gasteiger partial charge in [0, 0.05) is 0 Å². The number of rotatable bonds is 0. The Morgan fingerprint density at radius 2 is 2.33 bits per heavy atom. The first-order valence-electron chi connectivity index (χ1n) is 3.05. The van der Waals surface area contributed by atoms with Gasteiger partial charge in [-0.2, -0.15) is 10.1 Å². The maximum atomic E-state index is 5.85. The molecule has 6 heteroatoms. The van der Waals surface area contributed by atoms with Crippen molar-refractivity contribution in [1.82, 2.24) is 14.6 Å². The molecule has 0 unspecified atom stereocenters. The Hall–Kier alpha value is -0.320. The minimum absolute atomic E-state index is 0.466. The van der Waals surface area contributed by atoms with E-state index in [4.69, 9.17) is 23.2 Å². The average molecular weight is 268 g/mol. The van der Waals surface area contributed by atoms with E-state index in [1.165, 1.54) is 4.52 Å². The van der Waals surface area contributed by atoms with Crippen LogP contribution in [0.25, 0.3) is 5.65 Å². The van der Waals surface area contributed by atoms with Crippen LogP contribution < -0.4 is 0 Å². The Kier molecular flexibility index (Phi) is 1.98. The molecular formula is C6H3BrCl2N3+. The van der Waals surface area contributed by atoms with Gasteiger partial charge in [-0.25, -0.2) is 4.52 Å². The van der Waals surface area contributed by atoms with Crippen LogP contribution in [0.1, 0.15) is 0 Å². The van der Waals surface area contributed by atoms with Crippen molar-refractivity contribution in [2.24, 2.45) is 0 Å². The normalized spacial score (nSPS) is 10.9. The Bertz CT molecular complexity index is 440. The molecule has 0 atom stereocenters. The minimum Gasteiger partial charge on any atom is -0.202 e. The highest BCUT2D eigenvalue weighted by Crippen LogP contribution is 2.20. The number of hydrogen-bond acceptors (Lipinski definition) is 2. The summed E-state index contributed by atoms with van der Waals surface area (Å²) in [4.78, 5) is 4.08. The van der Waals surface area contributed by atoms with Gasteiger partial charge >= 0.3 is 5.15 Å². The van der Waals surface area contributed by atoms with Crippen molar-refractivity contribution >= 4 is 33.2 Å². The van der Waals surface area contributed by atoms with Crippen LogP contribution in [0, 0.1) is 11.6 Å². The van der Waals surface area contributed by atoms with Crippen LogP contribution in [0.4, 0.5) is 0 Å². The first kappa shape index (κ1) is 8.29. The number of nitrogens with zero attached hydrogens (tertiary/aromatic N) is 3. The molecule has 0 N–H and O–H groups in total. The molecule has 0 bridgehead atoms. The molecule has 0 aromatic carbocycles. The molecule has 0 aliphatic heterocycles. The second-order valence-corrected chi connectivity index (χ2v) is 3.80. The quantitative estimate of drug-likeness (QED) is 0.682. The average Bonchev–Trinajstić information content (AvgIpc) is 2.33. The zero-order valence-electron chi connectivity index (χ0n) is 5.66. The molecular weight excluding hydrogens is 265 g/mol. The van der Waals surface area contributed by atoms with Gasteiger partial charge in [-0.1, -0.05) is 11.6 Å². The van der Waals surface area contributed by atoms with E-state index in [0.29, 0.717) is 16.0 Å². The second-order valence-electron chi connectivity index (χ2n) is 2.15. The summed E-state index contributed by atoms with van der Waals surface area (Å²) in [5, 5.41) is 4.92. The zero-order chi connectivity index (χ0) is 8.72. The molecule has 0 fully saturated rings. The monoisotopic (exact) mass is 266 g/mol. The van der Waals surface area contributed by atoms with Crippen LogP contribution in [0.2, 0.25) is 10.3 Å². The van der Waals surface area contributed by atoms with Crippen LogP contribution in [0.15, 0.2) is 16.7 Å². The third-order valence-electron chi connectivity index (χ3n) is 1.36. The van der Waals surface area contributed by atoms with E-state index < -0.39 is 0 Å². The van der Waals surface area contributed by atoms with Crippen LogP contribution in [-0.2, 0) is 0 Å². The number of fused-ring (bicyclic) bond motifs is 1. The predicted octanol–water partition coefficient (Wildman–Crippen LogP) is 1.84. The molecule has 3 nitrogen and oxygen atoms in total. The molecule has 12 heavy (non-hydrogen) atoms. The molecule has 0 aliphatic carbocycles. The van der Waals surface area contributed by atoms with Crippen molar-refractivity contribution < 1.29 is 11.6 Å². The smallest absolute Gasteiger partial charge is 0.202 e. The highest BCUT2D eigenvalue weighted by atomic mass is 79.9. The molecule has 0 spiro atoms. The Balaban J connectivity index is 2.92. The van der Waals surface area contributed by atoms with Crippen LogP contribution >= 0.6 is 27.5 Å². The molecule has 0 saturated carbocycles. The third-order valence-corrected chi connectivity index (χ3v) is 2.40. The molecule has 0 radical (unpaired) electrons. The van der Waals surface area contributed by atoms with Crippen molar-refractivity contribution in [3.63, 3.8) is 0 Å². The second kappa shape index (κ2) is 2.87. The maximum Gasteiger partial charge on any atom is 0.323 e. The summed E-state index contributed by atoms with van der Waals surface area (Å²) in [6.07, 6.45) is 1.63. The van der Waals surface area contributed by atoms with Crippen molar-refractivity contribution in [2.75, 3.05) is 0 Å². The molecule has 2 rings (SSSR count). The third kappa shape index (κ3) is 1.20. The SMILES string of the molecule is Clc1cc([ClH+])nc2c(Br)cnn12. The molecule has 0 aliphatic rings. The van der Waals surface area contributed by atoms with E-state index in [0.717, 1.165) is 4.47 Å². The van der Waals surface area contributed by atoms with E-state index >= 15 is 0 Å². The minimum atomic E-state index is 0.466. The van der Waals surface area contributed by atoms with Crippen molar-refractivity contribution in [2.45, 2.75) is 0 Å². The summed E-state index contributed by atoms with van der Waals surface area (Å²) in [6, 6.07) is 1.59. The summed E-state index contributed by atoms with van der Waals surface area (Å²) in [7, 11) is 0. The van der Waals surface area contributed by atoms with Gasteiger partial charge in [0.05, 0.1) is 16.7 Å². The summed E-state index contributed by atoms with van der Waals surface area (Å²) in [5.74, 6) is 0. The van der Waals surface area contributed by atoms with Crippen molar-refractivity contribution in [3.8, 4) is 0 Å². The molecule has 0 amide bonds. The van der Waals surface area contributed by atoms with Gasteiger partial charge in [0.1, 0.15) is 5.15 Å². The van der Waals surface area contributed by atoms with E-state index in [1.807, 2.05) is 0 Å². The van der Waals surface area contributed by atoms with E-state index in [-0.39, 0.29) is 0 Å². The fraction of sp³-hybridized carbons (Fsp3) is 0. The van der Waals surface area contributed by atoms with Gasteiger partial charge in [-0.3, -0.25) is 0 Å². The lowest BCUT2D eigenvalue weighted by Gasteiger charge is -1.93. The van der Waals surface area contributed by atoms with Crippen LogP contribution in [0.3, 0.4) is 0 Å². The first-order valence-corrected chi connectivity index (χ1v) is 4.63. The van der Waals surface area contributed by atoms with Gasteiger partial charge in [0.15, 0.2) is 17.2 Å². The predicted molar refractivity (Wildman–Crippen MR) is 46.2 cm³/mol. The van der Waals surface area contributed by atoms with Crippen molar-refractivity contribution in [1.29, 1.82) is 0 Å². The Morgan fingerprint density at radius 3 is 3.08 bits per heavy atom. The van der Waals surface area contributed by atoms with Gasteiger partial charge in [0.25, 0.3) is 0 Å². The zero-order valence-corrected chi connectivity index (χ0v) is 8.82. The van der Waals surface area contributed by atoms with Crippen LogP contribution in [-0.4, -0.2) is 14.6 Å². The summed E-state index contributed by atoms with van der Waals surface area (Å²) in [6.45, 7) is 0. The molecule has 2 heterocycles. The van der Waals surface area contributed by atoms with E-state index in [2.05, 4.69) is 26.0 Å². The van der Waals surface area contributed by atoms with Gasteiger partial charge < -0.3 is 0 Å².